The minimum absolute atomic E-state index is 0.322. The second kappa shape index (κ2) is 4.41. The van der Waals surface area contributed by atoms with Crippen LogP contribution in [0.1, 0.15) is 0 Å². The van der Waals surface area contributed by atoms with Crippen LogP contribution >= 0.6 is 27.7 Å². The summed E-state index contributed by atoms with van der Waals surface area (Å²) >= 11 is 2.69. The molecular formula is C7H6BrO2S2-. The minimum atomic E-state index is -2.13. The molecule has 2 nitrogen and oxygen atoms in total. The van der Waals surface area contributed by atoms with Crippen LogP contribution in [-0.4, -0.2) is 15.0 Å². The van der Waals surface area contributed by atoms with Crippen LogP contribution in [-0.2, 0) is 11.1 Å². The smallest absolute Gasteiger partial charge is 0.0311 e. The molecular weight excluding hydrogens is 260 g/mol. The molecule has 0 aliphatic rings. The molecule has 0 N–H and O–H groups in total. The zero-order chi connectivity index (χ0) is 9.14. The largest absolute Gasteiger partial charge is 0.768 e. The van der Waals surface area contributed by atoms with Crippen molar-refractivity contribution in [2.45, 2.75) is 9.79 Å². The standard InChI is InChI=1S/C7H7BrO2S2/c1-11-7-4-5(12(9)10)2-3-6(7)8/h2-4H,1H3,(H,9,10)/p-1. The summed E-state index contributed by atoms with van der Waals surface area (Å²) in [6.07, 6.45) is 1.90. The number of hydrogen-bond acceptors (Lipinski definition) is 3. The fraction of sp³-hybridized carbons (Fsp3) is 0.143. The van der Waals surface area contributed by atoms with Gasteiger partial charge in [0.25, 0.3) is 0 Å². The van der Waals surface area contributed by atoms with Gasteiger partial charge in [0.2, 0.25) is 0 Å². The van der Waals surface area contributed by atoms with Crippen LogP contribution in [0.5, 0.6) is 0 Å². The SMILES string of the molecule is CSc1cc(S(=O)[O-])ccc1Br. The zero-order valence-corrected chi connectivity index (χ0v) is 9.46. The average molecular weight is 266 g/mol. The van der Waals surface area contributed by atoms with Gasteiger partial charge in [0.1, 0.15) is 0 Å². The van der Waals surface area contributed by atoms with Crippen LogP contribution in [0.3, 0.4) is 0 Å². The third kappa shape index (κ3) is 2.32. The molecule has 1 atom stereocenters. The molecule has 1 aromatic carbocycles. The van der Waals surface area contributed by atoms with E-state index in [0.717, 1.165) is 9.37 Å². The van der Waals surface area contributed by atoms with Gasteiger partial charge in [0, 0.05) is 14.3 Å². The van der Waals surface area contributed by atoms with Crippen molar-refractivity contribution in [2.75, 3.05) is 6.26 Å². The number of halogens is 1. The average Bonchev–Trinajstić information content (AvgIpc) is 2.05. The van der Waals surface area contributed by atoms with Crippen molar-refractivity contribution >= 4 is 38.8 Å². The summed E-state index contributed by atoms with van der Waals surface area (Å²) < 4.78 is 22.0. The van der Waals surface area contributed by atoms with Gasteiger partial charge < -0.3 is 4.55 Å². The van der Waals surface area contributed by atoms with E-state index in [4.69, 9.17) is 0 Å². The van der Waals surface area contributed by atoms with E-state index < -0.39 is 11.1 Å². The molecule has 0 saturated heterocycles. The Balaban J connectivity index is 3.13. The van der Waals surface area contributed by atoms with Gasteiger partial charge in [-0.25, -0.2) is 0 Å². The molecule has 0 aliphatic heterocycles. The van der Waals surface area contributed by atoms with Crippen molar-refractivity contribution in [3.05, 3.63) is 22.7 Å². The van der Waals surface area contributed by atoms with Crippen LogP contribution in [0, 0.1) is 0 Å². The molecule has 1 aromatic rings. The predicted molar refractivity (Wildman–Crippen MR) is 53.1 cm³/mol. The van der Waals surface area contributed by atoms with Gasteiger partial charge in [-0.05, 0) is 51.5 Å². The lowest BCUT2D eigenvalue weighted by Crippen LogP contribution is -1.88. The molecule has 12 heavy (non-hydrogen) atoms. The molecule has 5 heteroatoms. The van der Waals surface area contributed by atoms with E-state index in [1.54, 1.807) is 18.2 Å². The molecule has 66 valence electrons. The first kappa shape index (κ1) is 10.2. The van der Waals surface area contributed by atoms with Gasteiger partial charge in [-0.1, -0.05) is 0 Å². The maximum Gasteiger partial charge on any atom is 0.0311 e. The van der Waals surface area contributed by atoms with Gasteiger partial charge in [-0.2, -0.15) is 0 Å². The third-order valence-electron chi connectivity index (χ3n) is 1.32. The highest BCUT2D eigenvalue weighted by Gasteiger charge is 1.99. The van der Waals surface area contributed by atoms with E-state index in [0.29, 0.717) is 4.90 Å². The predicted octanol–water partition coefficient (Wildman–Crippen LogP) is 2.41. The molecule has 0 fully saturated rings. The normalized spacial score (nSPS) is 12.9. The molecule has 0 aromatic heterocycles. The van der Waals surface area contributed by atoms with Crippen molar-refractivity contribution in [3.63, 3.8) is 0 Å². The highest BCUT2D eigenvalue weighted by molar-refractivity contribution is 9.10. The van der Waals surface area contributed by atoms with Gasteiger partial charge in [-0.15, -0.1) is 11.8 Å². The van der Waals surface area contributed by atoms with Crippen molar-refractivity contribution in [1.29, 1.82) is 0 Å². The van der Waals surface area contributed by atoms with Crippen LogP contribution in [0.2, 0.25) is 0 Å². The summed E-state index contributed by atoms with van der Waals surface area (Å²) in [5.41, 5.74) is 0. The maximum absolute atomic E-state index is 10.6. The summed E-state index contributed by atoms with van der Waals surface area (Å²) in [7, 11) is 0. The molecule has 0 bridgehead atoms. The second-order valence-electron chi connectivity index (χ2n) is 2.03. The summed E-state index contributed by atoms with van der Waals surface area (Å²) in [5.74, 6) is 0. The van der Waals surface area contributed by atoms with E-state index >= 15 is 0 Å². The van der Waals surface area contributed by atoms with Crippen molar-refractivity contribution in [3.8, 4) is 0 Å². The minimum Gasteiger partial charge on any atom is -0.768 e. The first-order valence-corrected chi connectivity index (χ1v) is 6.17. The molecule has 0 aliphatic carbocycles. The van der Waals surface area contributed by atoms with Crippen LogP contribution in [0.4, 0.5) is 0 Å². The first-order chi connectivity index (χ1) is 5.65. The number of benzene rings is 1. The number of rotatable bonds is 2. The monoisotopic (exact) mass is 265 g/mol. The van der Waals surface area contributed by atoms with Gasteiger partial charge in [-0.3, -0.25) is 4.21 Å². The fourth-order valence-electron chi connectivity index (χ4n) is 0.744. The Morgan fingerprint density at radius 1 is 1.58 bits per heavy atom. The Labute approximate surface area is 86.2 Å². The lowest BCUT2D eigenvalue weighted by molar-refractivity contribution is 0.537. The molecule has 0 spiro atoms. The second-order valence-corrected chi connectivity index (χ2v) is 4.67. The zero-order valence-electron chi connectivity index (χ0n) is 6.24. The Bertz CT molecular complexity index is 314. The highest BCUT2D eigenvalue weighted by Crippen LogP contribution is 2.27. The lowest BCUT2D eigenvalue weighted by atomic mass is 10.4. The Morgan fingerprint density at radius 2 is 2.25 bits per heavy atom. The Morgan fingerprint density at radius 3 is 2.75 bits per heavy atom. The molecule has 0 radical (unpaired) electrons. The third-order valence-corrected chi connectivity index (χ3v) is 3.69. The first-order valence-electron chi connectivity index (χ1n) is 3.08. The Hall–Kier alpha value is 0.160. The van der Waals surface area contributed by atoms with Crippen LogP contribution in [0.15, 0.2) is 32.5 Å². The quantitative estimate of drug-likeness (QED) is 0.609. The van der Waals surface area contributed by atoms with E-state index in [1.165, 1.54) is 11.8 Å². The highest BCUT2D eigenvalue weighted by atomic mass is 79.9. The van der Waals surface area contributed by atoms with E-state index in [2.05, 4.69) is 15.9 Å². The van der Waals surface area contributed by atoms with E-state index in [9.17, 15) is 8.76 Å². The van der Waals surface area contributed by atoms with Crippen molar-refractivity contribution < 1.29 is 8.76 Å². The fourth-order valence-corrected chi connectivity index (χ4v) is 2.45. The molecule has 0 saturated carbocycles. The van der Waals surface area contributed by atoms with Gasteiger partial charge in [0.15, 0.2) is 0 Å². The summed E-state index contributed by atoms with van der Waals surface area (Å²) in [5, 5.41) is 0. The summed E-state index contributed by atoms with van der Waals surface area (Å²) in [6.45, 7) is 0. The molecule has 1 rings (SSSR count). The van der Waals surface area contributed by atoms with Crippen LogP contribution in [0.25, 0.3) is 0 Å². The molecule has 0 amide bonds. The summed E-state index contributed by atoms with van der Waals surface area (Å²) in [6, 6.07) is 4.93. The molecule has 1 unspecified atom stereocenters. The Kier molecular flexibility index (Phi) is 3.77. The molecule has 0 heterocycles. The van der Waals surface area contributed by atoms with E-state index in [-0.39, 0.29) is 0 Å². The van der Waals surface area contributed by atoms with E-state index in [1.807, 2.05) is 6.26 Å². The lowest BCUT2D eigenvalue weighted by Gasteiger charge is -2.07. The van der Waals surface area contributed by atoms with Gasteiger partial charge >= 0.3 is 0 Å². The summed E-state index contributed by atoms with van der Waals surface area (Å²) in [4.78, 5) is 1.25. The topological polar surface area (TPSA) is 40.1 Å². The van der Waals surface area contributed by atoms with Crippen molar-refractivity contribution in [2.24, 2.45) is 0 Å². The van der Waals surface area contributed by atoms with Crippen LogP contribution < -0.4 is 0 Å². The maximum atomic E-state index is 10.6. The number of hydrogen-bond donors (Lipinski definition) is 0. The van der Waals surface area contributed by atoms with Crippen molar-refractivity contribution in [1.82, 2.24) is 0 Å². The number of thioether (sulfide) groups is 1. The van der Waals surface area contributed by atoms with Gasteiger partial charge in [0.05, 0.1) is 0 Å².